The molecule has 2 heterocycles. The fraction of sp³-hybridized carbons (Fsp3) is 0.812. The van der Waals surface area contributed by atoms with Crippen molar-refractivity contribution in [3.8, 4) is 0 Å². The van der Waals surface area contributed by atoms with Crippen LogP contribution in [0.15, 0.2) is 0 Å². The summed E-state index contributed by atoms with van der Waals surface area (Å²) < 4.78 is 0. The molecule has 1 saturated heterocycles. The topological polar surface area (TPSA) is 31.4 Å². The summed E-state index contributed by atoms with van der Waals surface area (Å²) in [6, 6.07) is 1.19. The summed E-state index contributed by atoms with van der Waals surface area (Å²) in [5.74, 6) is 0.742. The second-order valence-electron chi connectivity index (χ2n) is 6.63. The third-order valence-corrected chi connectivity index (χ3v) is 5.98. The highest BCUT2D eigenvalue weighted by Crippen LogP contribution is 2.44. The van der Waals surface area contributed by atoms with E-state index in [1.165, 1.54) is 28.5 Å². The summed E-state index contributed by atoms with van der Waals surface area (Å²) in [5.41, 5.74) is 1.38. The van der Waals surface area contributed by atoms with Crippen molar-refractivity contribution in [2.24, 2.45) is 0 Å². The van der Waals surface area contributed by atoms with Crippen LogP contribution in [0, 0.1) is 0 Å². The Morgan fingerprint density at radius 1 is 1.24 bits per heavy atom. The van der Waals surface area contributed by atoms with Gasteiger partial charge in [-0.1, -0.05) is 6.92 Å². The molecular formula is C16H28N4S. The van der Waals surface area contributed by atoms with Gasteiger partial charge in [-0.05, 0) is 40.3 Å². The van der Waals surface area contributed by atoms with Gasteiger partial charge in [0.25, 0.3) is 0 Å². The van der Waals surface area contributed by atoms with Gasteiger partial charge in [0.15, 0.2) is 5.13 Å². The van der Waals surface area contributed by atoms with Crippen LogP contribution in [-0.2, 0) is 6.54 Å². The van der Waals surface area contributed by atoms with Crippen LogP contribution in [0.2, 0.25) is 0 Å². The molecule has 1 aromatic heterocycles. The van der Waals surface area contributed by atoms with Gasteiger partial charge >= 0.3 is 0 Å². The van der Waals surface area contributed by atoms with E-state index in [0.29, 0.717) is 12.1 Å². The van der Waals surface area contributed by atoms with E-state index in [4.69, 9.17) is 4.98 Å². The molecule has 0 radical (unpaired) electrons. The highest BCUT2D eigenvalue weighted by molar-refractivity contribution is 7.15. The predicted octanol–water partition coefficient (Wildman–Crippen LogP) is 2.66. The quantitative estimate of drug-likeness (QED) is 0.906. The molecule has 2 aliphatic rings. The lowest BCUT2D eigenvalue weighted by molar-refractivity contribution is 0.170. The Morgan fingerprint density at radius 3 is 2.48 bits per heavy atom. The van der Waals surface area contributed by atoms with Gasteiger partial charge in [0.05, 0.1) is 5.69 Å². The van der Waals surface area contributed by atoms with E-state index in [2.05, 4.69) is 42.9 Å². The molecule has 4 nitrogen and oxygen atoms in total. The lowest BCUT2D eigenvalue weighted by Crippen LogP contribution is -2.55. The Labute approximate surface area is 132 Å². The summed E-state index contributed by atoms with van der Waals surface area (Å²) >= 11 is 1.91. The molecule has 1 aliphatic carbocycles. The first-order chi connectivity index (χ1) is 10.1. The average Bonchev–Trinajstić information content (AvgIpc) is 3.22. The largest absolute Gasteiger partial charge is 0.345 e. The normalized spacial score (nSPS) is 27.3. The van der Waals surface area contributed by atoms with Gasteiger partial charge in [0, 0.05) is 42.5 Å². The predicted molar refractivity (Wildman–Crippen MR) is 90.4 cm³/mol. The molecule has 0 bridgehead atoms. The third-order valence-electron chi connectivity index (χ3n) is 4.85. The van der Waals surface area contributed by atoms with Gasteiger partial charge in [-0.2, -0.15) is 0 Å². The highest BCUT2D eigenvalue weighted by atomic mass is 32.1. The first-order valence-electron chi connectivity index (χ1n) is 8.27. The van der Waals surface area contributed by atoms with Crippen molar-refractivity contribution in [1.29, 1.82) is 0 Å². The number of aromatic nitrogens is 1. The van der Waals surface area contributed by atoms with Gasteiger partial charge in [-0.3, -0.25) is 4.90 Å². The zero-order valence-electron chi connectivity index (χ0n) is 13.7. The van der Waals surface area contributed by atoms with Crippen LogP contribution in [0.1, 0.15) is 50.1 Å². The van der Waals surface area contributed by atoms with Crippen molar-refractivity contribution in [1.82, 2.24) is 15.2 Å². The second-order valence-corrected chi connectivity index (χ2v) is 7.69. The molecule has 0 spiro atoms. The molecule has 118 valence electrons. The van der Waals surface area contributed by atoms with Crippen molar-refractivity contribution in [2.75, 3.05) is 31.6 Å². The molecule has 21 heavy (non-hydrogen) atoms. The number of nitrogens with one attached hydrogen (secondary N) is 1. The Balaban J connectivity index is 1.78. The fourth-order valence-corrected chi connectivity index (χ4v) is 4.22. The van der Waals surface area contributed by atoms with E-state index in [9.17, 15) is 0 Å². The molecule has 0 aromatic carbocycles. The van der Waals surface area contributed by atoms with Crippen molar-refractivity contribution < 1.29 is 0 Å². The number of hydrogen-bond acceptors (Lipinski definition) is 5. The van der Waals surface area contributed by atoms with Gasteiger partial charge < -0.3 is 10.2 Å². The number of piperazine rings is 1. The van der Waals surface area contributed by atoms with E-state index in [1.807, 2.05) is 11.3 Å². The smallest absolute Gasteiger partial charge is 0.185 e. The van der Waals surface area contributed by atoms with E-state index >= 15 is 0 Å². The SMILES string of the molecule is CCNCc1sc(N2CC(C)N(C)C(C)C2)nc1C1CC1. The molecule has 1 aliphatic heterocycles. The minimum absolute atomic E-state index is 0.597. The maximum atomic E-state index is 5.03. The molecule has 1 saturated carbocycles. The zero-order chi connectivity index (χ0) is 15.0. The van der Waals surface area contributed by atoms with Crippen LogP contribution in [-0.4, -0.2) is 48.6 Å². The van der Waals surface area contributed by atoms with Gasteiger partial charge in [0.1, 0.15) is 0 Å². The molecule has 5 heteroatoms. The number of hydrogen-bond donors (Lipinski definition) is 1. The van der Waals surface area contributed by atoms with E-state index in [1.54, 1.807) is 0 Å². The summed E-state index contributed by atoms with van der Waals surface area (Å²) in [5, 5.41) is 4.72. The van der Waals surface area contributed by atoms with Crippen molar-refractivity contribution >= 4 is 16.5 Å². The first-order valence-corrected chi connectivity index (χ1v) is 9.09. The van der Waals surface area contributed by atoms with Gasteiger partial charge in [0.2, 0.25) is 0 Å². The molecular weight excluding hydrogens is 280 g/mol. The van der Waals surface area contributed by atoms with Crippen LogP contribution in [0.4, 0.5) is 5.13 Å². The maximum absolute atomic E-state index is 5.03. The molecule has 2 unspecified atom stereocenters. The molecule has 1 N–H and O–H groups in total. The zero-order valence-corrected chi connectivity index (χ0v) is 14.5. The maximum Gasteiger partial charge on any atom is 0.185 e. The van der Waals surface area contributed by atoms with Crippen LogP contribution in [0.3, 0.4) is 0 Å². The standard InChI is InChI=1S/C16H28N4S/c1-5-17-8-14-15(13-6-7-13)18-16(21-14)20-9-11(2)19(4)12(3)10-20/h11-13,17H,5-10H2,1-4H3. The monoisotopic (exact) mass is 308 g/mol. The second kappa shape index (κ2) is 6.23. The minimum Gasteiger partial charge on any atom is -0.345 e. The summed E-state index contributed by atoms with van der Waals surface area (Å²) in [6.07, 6.45) is 2.66. The van der Waals surface area contributed by atoms with Gasteiger partial charge in [-0.25, -0.2) is 4.98 Å². The summed E-state index contributed by atoms with van der Waals surface area (Å²) in [7, 11) is 2.24. The van der Waals surface area contributed by atoms with Gasteiger partial charge in [-0.15, -0.1) is 11.3 Å². The van der Waals surface area contributed by atoms with E-state index in [0.717, 1.165) is 32.1 Å². The fourth-order valence-electron chi connectivity index (χ4n) is 3.09. The third kappa shape index (κ3) is 3.25. The Hall–Kier alpha value is -0.650. The first kappa shape index (κ1) is 15.3. The summed E-state index contributed by atoms with van der Waals surface area (Å²) in [4.78, 5) is 11.5. The van der Waals surface area contributed by atoms with Crippen LogP contribution >= 0.6 is 11.3 Å². The van der Waals surface area contributed by atoms with Crippen molar-refractivity contribution in [2.45, 2.75) is 58.2 Å². The van der Waals surface area contributed by atoms with E-state index < -0.39 is 0 Å². The number of nitrogens with zero attached hydrogens (tertiary/aromatic N) is 3. The highest BCUT2D eigenvalue weighted by Gasteiger charge is 2.32. The minimum atomic E-state index is 0.597. The summed E-state index contributed by atoms with van der Waals surface area (Å²) in [6.45, 7) is 11.0. The molecule has 0 amide bonds. The lowest BCUT2D eigenvalue weighted by Gasteiger charge is -2.42. The number of thiazole rings is 1. The number of likely N-dealkylation sites (N-methyl/N-ethyl adjacent to an activating group) is 1. The van der Waals surface area contributed by atoms with Crippen LogP contribution < -0.4 is 10.2 Å². The Kier molecular flexibility index (Phi) is 4.52. The number of rotatable bonds is 5. The number of anilines is 1. The Morgan fingerprint density at radius 2 is 1.90 bits per heavy atom. The average molecular weight is 308 g/mol. The molecule has 3 rings (SSSR count). The van der Waals surface area contributed by atoms with Crippen LogP contribution in [0.25, 0.3) is 0 Å². The van der Waals surface area contributed by atoms with Crippen molar-refractivity contribution in [3.63, 3.8) is 0 Å². The van der Waals surface area contributed by atoms with E-state index in [-0.39, 0.29) is 0 Å². The molecule has 2 atom stereocenters. The molecule has 2 fully saturated rings. The lowest BCUT2D eigenvalue weighted by atomic mass is 10.1. The Bertz CT molecular complexity index is 471. The molecule has 1 aromatic rings. The van der Waals surface area contributed by atoms with Crippen molar-refractivity contribution in [3.05, 3.63) is 10.6 Å². The van der Waals surface area contributed by atoms with Crippen LogP contribution in [0.5, 0.6) is 0 Å².